The van der Waals surface area contributed by atoms with Crippen molar-refractivity contribution in [1.82, 2.24) is 14.5 Å². The summed E-state index contributed by atoms with van der Waals surface area (Å²) in [4.78, 5) is 48.2. The van der Waals surface area contributed by atoms with E-state index in [1.54, 1.807) is 42.4 Å². The quantitative estimate of drug-likeness (QED) is 0.276. The third-order valence-corrected chi connectivity index (χ3v) is 8.34. The van der Waals surface area contributed by atoms with Crippen molar-refractivity contribution in [3.8, 4) is 11.3 Å². The Morgan fingerprint density at radius 1 is 0.956 bits per heavy atom. The van der Waals surface area contributed by atoms with E-state index in [9.17, 15) is 19.5 Å². The number of aliphatic hydroxyl groups excluding tert-OH is 1. The molecule has 0 spiro atoms. The van der Waals surface area contributed by atoms with Crippen LogP contribution in [0.15, 0.2) is 83.8 Å². The first-order valence-corrected chi connectivity index (χ1v) is 15.3. The number of aryl methyl sites for hydroxylation is 1. The Morgan fingerprint density at radius 2 is 1.62 bits per heavy atom. The molecule has 9 nitrogen and oxygen atoms in total. The zero-order chi connectivity index (χ0) is 32.3. The minimum absolute atomic E-state index is 0.0422. The molecule has 2 heterocycles. The number of likely N-dealkylation sites (tertiary alicyclic amines) is 1. The zero-order valence-corrected chi connectivity index (χ0v) is 26.6. The maximum Gasteiger partial charge on any atom is 0.293 e. The smallest absolute Gasteiger partial charge is 0.293 e. The molecule has 1 saturated heterocycles. The zero-order valence-electron chi connectivity index (χ0n) is 26.6. The Morgan fingerprint density at radius 3 is 2.24 bits per heavy atom. The van der Waals surface area contributed by atoms with Gasteiger partial charge in [-0.3, -0.25) is 14.4 Å². The van der Waals surface area contributed by atoms with Gasteiger partial charge in [-0.25, -0.2) is 4.98 Å². The Labute approximate surface area is 264 Å². The number of amides is 2. The summed E-state index contributed by atoms with van der Waals surface area (Å²) in [5.74, 6) is 0.264. The molecular weight excluding hydrogens is 566 g/mol. The first-order chi connectivity index (χ1) is 21.5. The molecule has 3 aromatic carbocycles. The van der Waals surface area contributed by atoms with Gasteiger partial charge >= 0.3 is 0 Å². The summed E-state index contributed by atoms with van der Waals surface area (Å²) in [5.41, 5.74) is 4.00. The number of nitrogens with zero attached hydrogens (tertiary/aromatic N) is 4. The first kappa shape index (κ1) is 31.7. The Bertz CT molecular complexity index is 1730. The van der Waals surface area contributed by atoms with E-state index in [0.29, 0.717) is 35.6 Å². The molecule has 1 fully saturated rings. The summed E-state index contributed by atoms with van der Waals surface area (Å²) in [6, 6.07) is 22.0. The molecule has 0 atom stereocenters. The van der Waals surface area contributed by atoms with Gasteiger partial charge in [-0.15, -0.1) is 0 Å². The predicted molar refractivity (Wildman–Crippen MR) is 178 cm³/mol. The summed E-state index contributed by atoms with van der Waals surface area (Å²) in [6.07, 6.45) is 3.29. The van der Waals surface area contributed by atoms with Crippen LogP contribution in [0.25, 0.3) is 11.3 Å². The van der Waals surface area contributed by atoms with E-state index in [2.05, 4.69) is 5.32 Å². The summed E-state index contributed by atoms with van der Waals surface area (Å²) in [6.45, 7) is 9.39. The number of nitrogens with one attached hydrogen (secondary N) is 1. The predicted octanol–water partition coefficient (Wildman–Crippen LogP) is 5.79. The highest BCUT2D eigenvalue weighted by Crippen LogP contribution is 2.34. The molecule has 0 bridgehead atoms. The Kier molecular flexibility index (Phi) is 9.20. The van der Waals surface area contributed by atoms with Crippen LogP contribution in [-0.4, -0.2) is 56.6 Å². The number of hydrogen-bond donors (Lipinski definition) is 2. The van der Waals surface area contributed by atoms with Gasteiger partial charge < -0.3 is 24.8 Å². The minimum atomic E-state index is -0.511. The van der Waals surface area contributed by atoms with E-state index in [4.69, 9.17) is 4.98 Å². The lowest BCUT2D eigenvalue weighted by Gasteiger charge is -2.37. The molecule has 2 N–H and O–H groups in total. The van der Waals surface area contributed by atoms with Crippen LogP contribution in [0.2, 0.25) is 0 Å². The van der Waals surface area contributed by atoms with Crippen molar-refractivity contribution in [2.75, 3.05) is 29.9 Å². The summed E-state index contributed by atoms with van der Waals surface area (Å²) in [5, 5.41) is 12.5. The van der Waals surface area contributed by atoms with E-state index in [-0.39, 0.29) is 35.7 Å². The molecule has 0 radical (unpaired) electrons. The average Bonchev–Trinajstić information content (AvgIpc) is 3.04. The molecule has 5 rings (SSSR count). The van der Waals surface area contributed by atoms with E-state index in [1.807, 2.05) is 81.1 Å². The molecule has 4 aromatic rings. The monoisotopic (exact) mass is 607 g/mol. The molecule has 0 unspecified atom stereocenters. The van der Waals surface area contributed by atoms with E-state index >= 15 is 0 Å². The van der Waals surface area contributed by atoms with E-state index in [1.165, 1.54) is 4.57 Å². The normalized spacial score (nSPS) is 13.9. The standard InChI is InChI=1S/C36H41N5O4/c1-24-29(12-9-13-31(24)41(36(2,3)4)34(44)26-10-7-6-8-11-26)30-22-39(5)35(45)32(38-30)37-28-16-14-27(15-17-28)33(43)40-20-18-25(23-42)19-21-40/h6-17,22,25,42H,18-21,23H2,1-5H3,(H,37,38). The lowest BCUT2D eigenvalue weighted by Crippen LogP contribution is -2.46. The second-order valence-corrected chi connectivity index (χ2v) is 12.6. The van der Waals surface area contributed by atoms with Crippen LogP contribution in [0.1, 0.15) is 59.9 Å². The van der Waals surface area contributed by atoms with Gasteiger partial charge in [0.1, 0.15) is 0 Å². The van der Waals surface area contributed by atoms with Crippen molar-refractivity contribution >= 4 is 29.0 Å². The van der Waals surface area contributed by atoms with Crippen LogP contribution in [0.4, 0.5) is 17.2 Å². The SMILES string of the molecule is Cc1c(-c2cn(C)c(=O)c(Nc3ccc(C(=O)N4CCC(CO)CC4)cc3)n2)cccc1N(C(=O)c1ccccc1)C(C)(C)C. The number of aliphatic hydroxyl groups is 1. The first-order valence-electron chi connectivity index (χ1n) is 15.3. The van der Waals surface area contributed by atoms with Gasteiger partial charge in [-0.1, -0.05) is 30.3 Å². The van der Waals surface area contributed by atoms with Crippen molar-refractivity contribution in [2.24, 2.45) is 13.0 Å². The summed E-state index contributed by atoms with van der Waals surface area (Å²) >= 11 is 0. The molecule has 1 aliphatic rings. The number of carbonyl (C=O) groups excluding carboxylic acids is 2. The van der Waals surface area contributed by atoms with Gasteiger partial charge in [0.25, 0.3) is 17.4 Å². The number of rotatable bonds is 7. The van der Waals surface area contributed by atoms with Gasteiger partial charge in [0.15, 0.2) is 5.82 Å². The molecule has 0 saturated carbocycles. The Balaban J connectivity index is 1.42. The highest BCUT2D eigenvalue weighted by Gasteiger charge is 2.31. The van der Waals surface area contributed by atoms with Gasteiger partial charge in [-0.2, -0.15) is 0 Å². The second kappa shape index (κ2) is 13.1. The lowest BCUT2D eigenvalue weighted by molar-refractivity contribution is 0.0650. The van der Waals surface area contributed by atoms with Crippen molar-refractivity contribution in [3.05, 3.63) is 106 Å². The largest absolute Gasteiger partial charge is 0.396 e. The number of piperidine rings is 1. The van der Waals surface area contributed by atoms with Crippen LogP contribution in [0.5, 0.6) is 0 Å². The fourth-order valence-electron chi connectivity index (χ4n) is 5.78. The van der Waals surface area contributed by atoms with Crippen LogP contribution in [0, 0.1) is 12.8 Å². The fourth-order valence-corrected chi connectivity index (χ4v) is 5.78. The van der Waals surface area contributed by atoms with Crippen molar-refractivity contribution in [2.45, 2.75) is 46.1 Å². The maximum atomic E-state index is 13.8. The Hall–Kier alpha value is -4.76. The highest BCUT2D eigenvalue weighted by molar-refractivity contribution is 6.07. The van der Waals surface area contributed by atoms with Crippen molar-refractivity contribution < 1.29 is 14.7 Å². The topological polar surface area (TPSA) is 108 Å². The maximum absolute atomic E-state index is 13.8. The summed E-state index contributed by atoms with van der Waals surface area (Å²) < 4.78 is 1.49. The third kappa shape index (κ3) is 6.83. The van der Waals surface area contributed by atoms with Gasteiger partial charge in [0.2, 0.25) is 0 Å². The average molecular weight is 608 g/mol. The minimum Gasteiger partial charge on any atom is -0.396 e. The number of carbonyl (C=O) groups is 2. The van der Waals surface area contributed by atoms with E-state index < -0.39 is 5.54 Å². The molecule has 2 amide bonds. The van der Waals surface area contributed by atoms with Crippen molar-refractivity contribution in [3.63, 3.8) is 0 Å². The van der Waals surface area contributed by atoms with Crippen molar-refractivity contribution in [1.29, 1.82) is 0 Å². The van der Waals surface area contributed by atoms with Crippen LogP contribution in [0.3, 0.4) is 0 Å². The molecule has 45 heavy (non-hydrogen) atoms. The molecule has 0 aliphatic carbocycles. The van der Waals surface area contributed by atoms with E-state index in [0.717, 1.165) is 29.7 Å². The lowest BCUT2D eigenvalue weighted by atomic mass is 9.97. The second-order valence-electron chi connectivity index (χ2n) is 12.6. The molecule has 234 valence electrons. The number of anilines is 3. The molecular formula is C36H41N5O4. The molecule has 9 heteroatoms. The van der Waals surface area contributed by atoms with Gasteiger partial charge in [0.05, 0.1) is 5.69 Å². The number of aromatic nitrogens is 2. The van der Waals surface area contributed by atoms with Crippen LogP contribution < -0.4 is 15.8 Å². The number of benzene rings is 3. The van der Waals surface area contributed by atoms with Gasteiger partial charge in [-0.05, 0) is 94.5 Å². The van der Waals surface area contributed by atoms with Crippen LogP contribution in [-0.2, 0) is 7.05 Å². The summed E-state index contributed by atoms with van der Waals surface area (Å²) in [7, 11) is 1.68. The fraction of sp³-hybridized carbons (Fsp3) is 0.333. The van der Waals surface area contributed by atoms with Crippen LogP contribution >= 0.6 is 0 Å². The van der Waals surface area contributed by atoms with Gasteiger partial charge in [0, 0.05) is 66.5 Å². The highest BCUT2D eigenvalue weighted by atomic mass is 16.3. The third-order valence-electron chi connectivity index (χ3n) is 8.34. The molecule has 1 aliphatic heterocycles. The number of hydrogen-bond acceptors (Lipinski definition) is 6. The molecule has 1 aromatic heterocycles.